The molecule has 6 nitrogen and oxygen atoms in total. The van der Waals surface area contributed by atoms with Gasteiger partial charge in [-0.3, -0.25) is 4.90 Å². The number of methoxy groups -OCH3 is 1. The van der Waals surface area contributed by atoms with Gasteiger partial charge >= 0.3 is 5.63 Å². The summed E-state index contributed by atoms with van der Waals surface area (Å²) in [6.07, 6.45) is 0.698. The normalized spacial score (nSPS) is 11.2. The molecule has 0 atom stereocenters. The Morgan fingerprint density at radius 1 is 1.00 bits per heavy atom. The number of rotatable bonds is 9. The Morgan fingerprint density at radius 3 is 2.47 bits per heavy atom. The van der Waals surface area contributed by atoms with Crippen molar-refractivity contribution in [1.29, 1.82) is 0 Å². The zero-order valence-corrected chi connectivity index (χ0v) is 18.0. The van der Waals surface area contributed by atoms with Crippen molar-refractivity contribution in [3.8, 4) is 17.2 Å². The van der Waals surface area contributed by atoms with Crippen molar-refractivity contribution in [2.24, 2.45) is 0 Å². The van der Waals surface area contributed by atoms with Gasteiger partial charge in [-0.1, -0.05) is 19.9 Å². The van der Waals surface area contributed by atoms with Crippen LogP contribution < -0.4 is 15.1 Å². The molecule has 0 radical (unpaired) electrons. The van der Waals surface area contributed by atoms with Gasteiger partial charge in [0.05, 0.1) is 13.7 Å². The van der Waals surface area contributed by atoms with Gasteiger partial charge in [0, 0.05) is 30.6 Å². The van der Waals surface area contributed by atoms with Crippen LogP contribution in [0.1, 0.15) is 37.5 Å². The molecule has 2 aromatic carbocycles. The summed E-state index contributed by atoms with van der Waals surface area (Å²) in [5, 5.41) is 11.0. The number of aryl methyl sites for hydroxylation is 1. The maximum Gasteiger partial charge on any atom is 0.336 e. The van der Waals surface area contributed by atoms with Crippen molar-refractivity contribution in [3.63, 3.8) is 0 Å². The summed E-state index contributed by atoms with van der Waals surface area (Å²) in [5.74, 6) is 1.59. The molecule has 0 saturated heterocycles. The molecule has 0 spiro atoms. The first-order valence-electron chi connectivity index (χ1n) is 10.3. The number of hydrogen-bond donors (Lipinski definition) is 1. The fourth-order valence-electron chi connectivity index (χ4n) is 3.58. The highest BCUT2D eigenvalue weighted by molar-refractivity contribution is 5.82. The Kier molecular flexibility index (Phi) is 7.00. The van der Waals surface area contributed by atoms with Crippen molar-refractivity contribution < 1.29 is 19.0 Å². The minimum absolute atomic E-state index is 0.152. The van der Waals surface area contributed by atoms with E-state index in [0.717, 1.165) is 34.4 Å². The van der Waals surface area contributed by atoms with E-state index in [1.54, 1.807) is 13.2 Å². The van der Waals surface area contributed by atoms with Crippen molar-refractivity contribution >= 4 is 11.0 Å². The average molecular weight is 411 g/mol. The van der Waals surface area contributed by atoms with Gasteiger partial charge in [0.1, 0.15) is 11.3 Å². The SMILES string of the molecule is CCOc1ccc(CN(CC)Cc2cc(=O)oc3cc(O)c(CC)cc23)cc1OC. The molecule has 0 aliphatic carbocycles. The van der Waals surface area contributed by atoms with E-state index in [-0.39, 0.29) is 5.75 Å². The standard InChI is InChI=1S/C24H29NO5/c1-5-17-11-19-18(12-24(27)30-22(19)13-20(17)26)15-25(6-2)14-16-8-9-21(29-7-3)23(10-16)28-4/h8-13,26H,5-7,14-15H2,1-4H3. The molecule has 0 fully saturated rings. The van der Waals surface area contributed by atoms with Crippen LogP contribution in [0.3, 0.4) is 0 Å². The fraction of sp³-hybridized carbons (Fsp3) is 0.375. The molecule has 0 amide bonds. The van der Waals surface area contributed by atoms with Crippen LogP contribution in [0.5, 0.6) is 17.2 Å². The number of ether oxygens (including phenoxy) is 2. The average Bonchev–Trinajstić information content (AvgIpc) is 2.73. The quantitative estimate of drug-likeness (QED) is 0.523. The zero-order valence-electron chi connectivity index (χ0n) is 18.0. The van der Waals surface area contributed by atoms with Gasteiger partial charge in [0.2, 0.25) is 0 Å². The maximum absolute atomic E-state index is 12.1. The van der Waals surface area contributed by atoms with E-state index in [2.05, 4.69) is 11.8 Å². The van der Waals surface area contributed by atoms with E-state index in [4.69, 9.17) is 13.9 Å². The molecule has 1 aromatic heterocycles. The maximum atomic E-state index is 12.1. The first-order valence-corrected chi connectivity index (χ1v) is 10.3. The Bertz CT molecular complexity index is 1070. The van der Waals surface area contributed by atoms with Gasteiger partial charge in [-0.2, -0.15) is 0 Å². The van der Waals surface area contributed by atoms with Crippen LogP contribution in [0.2, 0.25) is 0 Å². The van der Waals surface area contributed by atoms with E-state index in [1.807, 2.05) is 38.1 Å². The van der Waals surface area contributed by atoms with Crippen molar-refractivity contribution in [3.05, 3.63) is 63.5 Å². The van der Waals surface area contributed by atoms with Crippen molar-refractivity contribution in [2.45, 2.75) is 40.3 Å². The number of hydrogen-bond acceptors (Lipinski definition) is 6. The van der Waals surface area contributed by atoms with Gasteiger partial charge in [0.25, 0.3) is 0 Å². The van der Waals surface area contributed by atoms with Crippen LogP contribution in [0, 0.1) is 0 Å². The zero-order chi connectivity index (χ0) is 21.7. The molecule has 3 aromatic rings. The summed E-state index contributed by atoms with van der Waals surface area (Å²) in [5.41, 5.74) is 2.80. The van der Waals surface area contributed by atoms with E-state index in [1.165, 1.54) is 6.07 Å². The van der Waals surface area contributed by atoms with Gasteiger partial charge < -0.3 is 19.0 Å². The Hall–Kier alpha value is -2.99. The fourth-order valence-corrected chi connectivity index (χ4v) is 3.58. The largest absolute Gasteiger partial charge is 0.508 e. The summed E-state index contributed by atoms with van der Waals surface area (Å²) >= 11 is 0. The number of fused-ring (bicyclic) bond motifs is 1. The third kappa shape index (κ3) is 4.76. The highest BCUT2D eigenvalue weighted by Gasteiger charge is 2.14. The molecule has 0 aliphatic heterocycles. The molecular formula is C24H29NO5. The predicted octanol–water partition coefficient (Wildman–Crippen LogP) is 4.49. The molecule has 1 heterocycles. The molecule has 1 N–H and O–H groups in total. The third-order valence-electron chi connectivity index (χ3n) is 5.19. The Morgan fingerprint density at radius 2 is 1.80 bits per heavy atom. The molecular weight excluding hydrogens is 382 g/mol. The number of phenols is 1. The lowest BCUT2D eigenvalue weighted by Gasteiger charge is -2.22. The highest BCUT2D eigenvalue weighted by Crippen LogP contribution is 2.30. The first-order chi connectivity index (χ1) is 14.5. The van der Waals surface area contributed by atoms with Crippen LogP contribution >= 0.6 is 0 Å². The molecule has 30 heavy (non-hydrogen) atoms. The van der Waals surface area contributed by atoms with E-state index in [0.29, 0.717) is 37.4 Å². The van der Waals surface area contributed by atoms with Crippen molar-refractivity contribution in [2.75, 3.05) is 20.3 Å². The van der Waals surface area contributed by atoms with Gasteiger partial charge in [-0.25, -0.2) is 4.79 Å². The smallest absolute Gasteiger partial charge is 0.336 e. The Labute approximate surface area is 176 Å². The summed E-state index contributed by atoms with van der Waals surface area (Å²) in [4.78, 5) is 14.3. The lowest BCUT2D eigenvalue weighted by atomic mass is 10.0. The number of nitrogens with zero attached hydrogens (tertiary/aromatic N) is 1. The second kappa shape index (κ2) is 9.67. The van der Waals surface area contributed by atoms with Crippen LogP contribution in [-0.4, -0.2) is 30.3 Å². The number of benzene rings is 2. The molecule has 160 valence electrons. The van der Waals surface area contributed by atoms with Crippen molar-refractivity contribution in [1.82, 2.24) is 4.90 Å². The van der Waals surface area contributed by atoms with Crippen LogP contribution in [0.25, 0.3) is 11.0 Å². The lowest BCUT2D eigenvalue weighted by molar-refractivity contribution is 0.270. The number of aromatic hydroxyl groups is 1. The third-order valence-corrected chi connectivity index (χ3v) is 5.19. The lowest BCUT2D eigenvalue weighted by Crippen LogP contribution is -2.23. The molecule has 0 aliphatic rings. The van der Waals surface area contributed by atoms with E-state index in [9.17, 15) is 9.90 Å². The predicted molar refractivity (Wildman–Crippen MR) is 117 cm³/mol. The second-order valence-corrected chi connectivity index (χ2v) is 7.14. The molecule has 0 unspecified atom stereocenters. The summed E-state index contributed by atoms with van der Waals surface area (Å²) < 4.78 is 16.4. The highest BCUT2D eigenvalue weighted by atomic mass is 16.5. The topological polar surface area (TPSA) is 72.1 Å². The van der Waals surface area contributed by atoms with E-state index < -0.39 is 5.63 Å². The minimum atomic E-state index is -0.417. The van der Waals surface area contributed by atoms with Gasteiger partial charge in [-0.05, 0) is 54.8 Å². The second-order valence-electron chi connectivity index (χ2n) is 7.14. The Balaban J connectivity index is 1.90. The molecule has 0 bridgehead atoms. The number of phenolic OH excluding ortho intramolecular Hbond substituents is 1. The molecule has 3 rings (SSSR count). The van der Waals surface area contributed by atoms with Crippen LogP contribution in [0.15, 0.2) is 45.6 Å². The monoisotopic (exact) mass is 411 g/mol. The summed E-state index contributed by atoms with van der Waals surface area (Å²) in [6, 6.07) is 10.9. The first kappa shape index (κ1) is 21.7. The van der Waals surface area contributed by atoms with E-state index >= 15 is 0 Å². The van der Waals surface area contributed by atoms with Crippen LogP contribution in [0.4, 0.5) is 0 Å². The summed E-state index contributed by atoms with van der Waals surface area (Å²) in [7, 11) is 1.63. The minimum Gasteiger partial charge on any atom is -0.508 e. The molecule has 0 saturated carbocycles. The molecule has 6 heteroatoms. The van der Waals surface area contributed by atoms with Crippen LogP contribution in [-0.2, 0) is 19.5 Å². The van der Waals surface area contributed by atoms with Gasteiger partial charge in [-0.15, -0.1) is 0 Å². The van der Waals surface area contributed by atoms with Gasteiger partial charge in [0.15, 0.2) is 11.5 Å². The summed E-state index contributed by atoms with van der Waals surface area (Å²) in [6.45, 7) is 8.67.